The van der Waals surface area contributed by atoms with Crippen LogP contribution in [0.15, 0.2) is 17.5 Å². The van der Waals surface area contributed by atoms with Gasteiger partial charge < -0.3 is 5.73 Å². The predicted molar refractivity (Wildman–Crippen MR) is 67.5 cm³/mol. The summed E-state index contributed by atoms with van der Waals surface area (Å²) in [6, 6.07) is 4.28. The average molecular weight is 238 g/mol. The number of nitrogens with two attached hydrogens (primary N) is 1. The molecule has 2 rings (SSSR count). The Labute approximate surface area is 97.8 Å². The van der Waals surface area contributed by atoms with Crippen LogP contribution in [-0.4, -0.2) is 11.5 Å². The minimum Gasteiger partial charge on any atom is -0.330 e. The van der Waals surface area contributed by atoms with Crippen molar-refractivity contribution in [3.63, 3.8) is 0 Å². The molecule has 0 aromatic carbocycles. The molecule has 2 heterocycles. The van der Waals surface area contributed by atoms with Crippen molar-refractivity contribution in [3.8, 4) is 10.6 Å². The van der Waals surface area contributed by atoms with Gasteiger partial charge in [-0.1, -0.05) is 0 Å². The molecular weight excluding hydrogens is 224 g/mol. The van der Waals surface area contributed by atoms with Crippen LogP contribution in [-0.2, 0) is 6.42 Å². The molecular formula is C11H14N2S2. The molecule has 2 N–H and O–H groups in total. The van der Waals surface area contributed by atoms with E-state index in [2.05, 4.69) is 29.4 Å². The van der Waals surface area contributed by atoms with Crippen LogP contribution in [0.25, 0.3) is 10.6 Å². The van der Waals surface area contributed by atoms with Crippen molar-refractivity contribution < 1.29 is 0 Å². The number of hydrogen-bond acceptors (Lipinski definition) is 4. The highest BCUT2D eigenvalue weighted by Gasteiger charge is 2.05. The summed E-state index contributed by atoms with van der Waals surface area (Å²) in [5.41, 5.74) is 6.59. The van der Waals surface area contributed by atoms with E-state index in [0.717, 1.165) is 25.1 Å². The van der Waals surface area contributed by atoms with E-state index in [-0.39, 0.29) is 0 Å². The van der Waals surface area contributed by atoms with Crippen LogP contribution in [0.1, 0.15) is 16.3 Å². The first-order chi connectivity index (χ1) is 7.29. The van der Waals surface area contributed by atoms with Gasteiger partial charge in [-0.3, -0.25) is 0 Å². The first-order valence-corrected chi connectivity index (χ1v) is 6.70. The van der Waals surface area contributed by atoms with Gasteiger partial charge in [0.2, 0.25) is 0 Å². The molecule has 4 heteroatoms. The summed E-state index contributed by atoms with van der Waals surface area (Å²) in [6.45, 7) is 2.86. The van der Waals surface area contributed by atoms with Gasteiger partial charge in [0, 0.05) is 16.7 Å². The third-order valence-corrected chi connectivity index (χ3v) is 4.07. The van der Waals surface area contributed by atoms with Crippen LogP contribution in [0.2, 0.25) is 0 Å². The van der Waals surface area contributed by atoms with Gasteiger partial charge in [-0.2, -0.15) is 0 Å². The zero-order valence-corrected chi connectivity index (χ0v) is 10.3. The molecule has 0 spiro atoms. The topological polar surface area (TPSA) is 38.9 Å². The van der Waals surface area contributed by atoms with Gasteiger partial charge in [-0.05, 0) is 32.0 Å². The zero-order chi connectivity index (χ0) is 10.7. The molecule has 0 bridgehead atoms. The Kier molecular flexibility index (Phi) is 3.51. The van der Waals surface area contributed by atoms with Gasteiger partial charge >= 0.3 is 0 Å². The van der Waals surface area contributed by atoms with Gasteiger partial charge in [0.15, 0.2) is 0 Å². The number of thiazole rings is 1. The van der Waals surface area contributed by atoms with Crippen LogP contribution < -0.4 is 5.73 Å². The normalized spacial score (nSPS) is 10.8. The molecule has 80 valence electrons. The number of thiophene rings is 1. The number of aromatic nitrogens is 1. The predicted octanol–water partition coefficient (Wildman–Crippen LogP) is 3.07. The SMILES string of the molecule is Cc1ccc(-c2csc(CCCN)n2)s1. The van der Waals surface area contributed by atoms with E-state index in [9.17, 15) is 0 Å². The molecule has 0 aliphatic rings. The van der Waals surface area contributed by atoms with E-state index in [4.69, 9.17) is 5.73 Å². The molecule has 0 aliphatic heterocycles. The van der Waals surface area contributed by atoms with Crippen molar-refractivity contribution in [2.45, 2.75) is 19.8 Å². The summed E-state index contributed by atoms with van der Waals surface area (Å²) in [7, 11) is 0. The number of rotatable bonds is 4. The molecule has 2 aromatic heterocycles. The molecule has 0 amide bonds. The first kappa shape index (κ1) is 10.8. The minimum absolute atomic E-state index is 0.743. The van der Waals surface area contributed by atoms with Crippen molar-refractivity contribution in [3.05, 3.63) is 27.4 Å². The van der Waals surface area contributed by atoms with E-state index >= 15 is 0 Å². The van der Waals surface area contributed by atoms with Gasteiger partial charge in [-0.15, -0.1) is 22.7 Å². The largest absolute Gasteiger partial charge is 0.330 e. The fourth-order valence-corrected chi connectivity index (χ4v) is 3.11. The Morgan fingerprint density at radius 1 is 1.40 bits per heavy atom. The summed E-state index contributed by atoms with van der Waals surface area (Å²) < 4.78 is 0. The van der Waals surface area contributed by atoms with E-state index in [1.807, 2.05) is 0 Å². The molecule has 0 saturated carbocycles. The standard InChI is InChI=1S/C11H14N2S2/c1-8-4-5-10(15-8)9-7-14-11(13-9)3-2-6-12/h4-5,7H,2-3,6,12H2,1H3. The van der Waals surface area contributed by atoms with Crippen LogP contribution in [0.4, 0.5) is 0 Å². The number of nitrogens with zero attached hydrogens (tertiary/aromatic N) is 1. The lowest BCUT2D eigenvalue weighted by molar-refractivity contribution is 0.827. The van der Waals surface area contributed by atoms with Crippen molar-refractivity contribution in [1.82, 2.24) is 4.98 Å². The highest BCUT2D eigenvalue weighted by atomic mass is 32.1. The maximum Gasteiger partial charge on any atom is 0.0933 e. The van der Waals surface area contributed by atoms with Crippen LogP contribution >= 0.6 is 22.7 Å². The summed E-state index contributed by atoms with van der Waals surface area (Å²) in [4.78, 5) is 7.21. The second-order valence-electron chi connectivity index (χ2n) is 3.43. The highest BCUT2D eigenvalue weighted by Crippen LogP contribution is 2.28. The summed E-state index contributed by atoms with van der Waals surface area (Å²) in [5.74, 6) is 0. The monoisotopic (exact) mass is 238 g/mol. The van der Waals surface area contributed by atoms with E-state index in [0.29, 0.717) is 0 Å². The van der Waals surface area contributed by atoms with Crippen molar-refractivity contribution in [2.24, 2.45) is 5.73 Å². The number of aryl methyl sites for hydroxylation is 2. The molecule has 2 nitrogen and oxygen atoms in total. The summed E-state index contributed by atoms with van der Waals surface area (Å²) in [5, 5.41) is 3.33. The molecule has 0 atom stereocenters. The fraction of sp³-hybridized carbons (Fsp3) is 0.364. The third kappa shape index (κ3) is 2.65. The molecule has 0 saturated heterocycles. The zero-order valence-electron chi connectivity index (χ0n) is 8.69. The molecule has 0 aliphatic carbocycles. The maximum absolute atomic E-state index is 5.48. The summed E-state index contributed by atoms with van der Waals surface area (Å²) >= 11 is 3.53. The number of hydrogen-bond donors (Lipinski definition) is 1. The van der Waals surface area contributed by atoms with Crippen molar-refractivity contribution in [2.75, 3.05) is 6.54 Å². The smallest absolute Gasteiger partial charge is 0.0933 e. The lowest BCUT2D eigenvalue weighted by atomic mass is 10.3. The average Bonchev–Trinajstić information content (AvgIpc) is 2.83. The second-order valence-corrected chi connectivity index (χ2v) is 5.66. The molecule has 0 unspecified atom stereocenters. The molecule has 2 aromatic rings. The lowest BCUT2D eigenvalue weighted by Gasteiger charge is -1.91. The quantitative estimate of drug-likeness (QED) is 0.889. The van der Waals surface area contributed by atoms with Crippen LogP contribution in [0.3, 0.4) is 0 Å². The van der Waals surface area contributed by atoms with Gasteiger partial charge in [-0.25, -0.2) is 4.98 Å². The van der Waals surface area contributed by atoms with E-state index < -0.39 is 0 Å². The Balaban J connectivity index is 2.13. The third-order valence-electron chi connectivity index (χ3n) is 2.14. The Hall–Kier alpha value is -0.710. The van der Waals surface area contributed by atoms with Crippen LogP contribution in [0.5, 0.6) is 0 Å². The Morgan fingerprint density at radius 2 is 2.27 bits per heavy atom. The maximum atomic E-state index is 5.48. The fourth-order valence-electron chi connectivity index (χ4n) is 1.36. The lowest BCUT2D eigenvalue weighted by Crippen LogP contribution is -1.99. The first-order valence-electron chi connectivity index (χ1n) is 5.01. The van der Waals surface area contributed by atoms with Crippen molar-refractivity contribution in [1.29, 1.82) is 0 Å². The van der Waals surface area contributed by atoms with Crippen LogP contribution in [0, 0.1) is 6.92 Å². The van der Waals surface area contributed by atoms with Crippen molar-refractivity contribution >= 4 is 22.7 Å². The van der Waals surface area contributed by atoms with E-state index in [1.165, 1.54) is 14.8 Å². The molecule has 15 heavy (non-hydrogen) atoms. The Morgan fingerprint density at radius 3 is 2.93 bits per heavy atom. The second kappa shape index (κ2) is 4.88. The van der Waals surface area contributed by atoms with Gasteiger partial charge in [0.05, 0.1) is 15.6 Å². The Bertz CT molecular complexity index is 431. The summed E-state index contributed by atoms with van der Waals surface area (Å²) in [6.07, 6.45) is 2.03. The minimum atomic E-state index is 0.743. The highest BCUT2D eigenvalue weighted by molar-refractivity contribution is 7.16. The van der Waals surface area contributed by atoms with Gasteiger partial charge in [0.25, 0.3) is 0 Å². The molecule has 0 fully saturated rings. The van der Waals surface area contributed by atoms with Gasteiger partial charge in [0.1, 0.15) is 0 Å². The van der Waals surface area contributed by atoms with E-state index in [1.54, 1.807) is 22.7 Å². The molecule has 0 radical (unpaired) electrons.